The summed E-state index contributed by atoms with van der Waals surface area (Å²) in [6, 6.07) is 3.76. The summed E-state index contributed by atoms with van der Waals surface area (Å²) in [5, 5.41) is 2.75. The van der Waals surface area contributed by atoms with Crippen molar-refractivity contribution < 1.29 is 13.2 Å². The first-order valence-electron chi connectivity index (χ1n) is 4.64. The van der Waals surface area contributed by atoms with Gasteiger partial charge in [-0.2, -0.15) is 24.9 Å². The lowest BCUT2D eigenvalue weighted by Gasteiger charge is -2.14. The molecule has 0 fully saturated rings. The molecule has 0 saturated carbocycles. The van der Waals surface area contributed by atoms with Crippen LogP contribution in [0, 0.1) is 0 Å². The Morgan fingerprint density at radius 2 is 2.06 bits per heavy atom. The van der Waals surface area contributed by atoms with Crippen molar-refractivity contribution in [1.82, 2.24) is 0 Å². The molecule has 1 aromatic carbocycles. The monoisotopic (exact) mass is 250 g/mol. The highest BCUT2D eigenvalue weighted by Gasteiger charge is 2.33. The Kier molecular flexibility index (Phi) is 4.35. The number of alkyl halides is 3. The van der Waals surface area contributed by atoms with E-state index >= 15 is 0 Å². The van der Waals surface area contributed by atoms with Crippen LogP contribution in [-0.4, -0.2) is 18.6 Å². The maximum Gasteiger partial charge on any atom is 0.418 e. The molecule has 0 spiro atoms. The first kappa shape index (κ1) is 13.0. The third-order valence-corrected chi connectivity index (χ3v) is 2.58. The number of hydrogen-bond acceptors (Lipinski definition) is 3. The zero-order valence-electron chi connectivity index (χ0n) is 8.77. The van der Waals surface area contributed by atoms with Crippen molar-refractivity contribution in [3.63, 3.8) is 0 Å². The minimum absolute atomic E-state index is 0.0794. The largest absolute Gasteiger partial charge is 0.418 e. The topological polar surface area (TPSA) is 38.0 Å². The van der Waals surface area contributed by atoms with Crippen LogP contribution in [-0.2, 0) is 6.18 Å². The Morgan fingerprint density at radius 1 is 1.38 bits per heavy atom. The van der Waals surface area contributed by atoms with Gasteiger partial charge in [-0.15, -0.1) is 0 Å². The van der Waals surface area contributed by atoms with E-state index in [1.807, 2.05) is 6.26 Å². The summed E-state index contributed by atoms with van der Waals surface area (Å²) in [6.45, 7) is 0.494. The third kappa shape index (κ3) is 3.52. The molecular formula is C10H13F3N2S. The van der Waals surface area contributed by atoms with Crippen LogP contribution in [0.3, 0.4) is 0 Å². The average molecular weight is 250 g/mol. The summed E-state index contributed by atoms with van der Waals surface area (Å²) in [6.07, 6.45) is -2.48. The number of thioether (sulfide) groups is 1. The first-order valence-corrected chi connectivity index (χ1v) is 6.04. The standard InChI is InChI=1S/C10H13F3N2S/c1-16-5-4-15-9-3-2-7(14)6-8(9)10(11,12)13/h2-3,6,15H,4-5,14H2,1H3. The minimum Gasteiger partial charge on any atom is -0.399 e. The number of anilines is 2. The summed E-state index contributed by atoms with van der Waals surface area (Å²) >= 11 is 1.57. The van der Waals surface area contributed by atoms with Crippen LogP contribution >= 0.6 is 11.8 Å². The van der Waals surface area contributed by atoms with Gasteiger partial charge in [-0.3, -0.25) is 0 Å². The first-order chi connectivity index (χ1) is 7.45. The average Bonchev–Trinajstić information content (AvgIpc) is 2.19. The number of rotatable bonds is 4. The van der Waals surface area contributed by atoms with Crippen molar-refractivity contribution in [2.24, 2.45) is 0 Å². The van der Waals surface area contributed by atoms with Crippen LogP contribution in [0.1, 0.15) is 5.56 Å². The van der Waals surface area contributed by atoms with Gasteiger partial charge in [0.2, 0.25) is 0 Å². The molecule has 0 atom stereocenters. The Bertz CT molecular complexity index is 352. The van der Waals surface area contributed by atoms with E-state index < -0.39 is 11.7 Å². The van der Waals surface area contributed by atoms with E-state index in [-0.39, 0.29) is 11.4 Å². The molecule has 0 unspecified atom stereocenters. The fraction of sp³-hybridized carbons (Fsp3) is 0.400. The predicted molar refractivity (Wildman–Crippen MR) is 62.7 cm³/mol. The van der Waals surface area contributed by atoms with Crippen molar-refractivity contribution >= 4 is 23.1 Å². The van der Waals surface area contributed by atoms with E-state index in [9.17, 15) is 13.2 Å². The van der Waals surface area contributed by atoms with E-state index in [1.165, 1.54) is 12.1 Å². The molecule has 1 rings (SSSR count). The van der Waals surface area contributed by atoms with Gasteiger partial charge >= 0.3 is 6.18 Å². The molecule has 0 saturated heterocycles. The highest BCUT2D eigenvalue weighted by Crippen LogP contribution is 2.35. The number of halogens is 3. The Labute approximate surface area is 96.4 Å². The number of nitrogen functional groups attached to an aromatic ring is 1. The molecule has 0 radical (unpaired) electrons. The second-order valence-electron chi connectivity index (χ2n) is 3.22. The summed E-state index contributed by atoms with van der Waals surface area (Å²) in [4.78, 5) is 0. The molecule has 0 aromatic heterocycles. The summed E-state index contributed by atoms with van der Waals surface area (Å²) in [5.41, 5.74) is 4.83. The van der Waals surface area contributed by atoms with E-state index in [0.717, 1.165) is 11.8 Å². The molecule has 1 aromatic rings. The number of benzene rings is 1. The van der Waals surface area contributed by atoms with Gasteiger partial charge in [-0.25, -0.2) is 0 Å². The molecule has 0 heterocycles. The van der Waals surface area contributed by atoms with Gasteiger partial charge in [-0.05, 0) is 24.5 Å². The second kappa shape index (κ2) is 5.34. The van der Waals surface area contributed by atoms with Crippen LogP contribution in [0.2, 0.25) is 0 Å². The van der Waals surface area contributed by atoms with E-state index in [1.54, 1.807) is 11.8 Å². The highest BCUT2D eigenvalue weighted by atomic mass is 32.2. The van der Waals surface area contributed by atoms with Crippen LogP contribution < -0.4 is 11.1 Å². The minimum atomic E-state index is -4.38. The maximum absolute atomic E-state index is 12.6. The van der Waals surface area contributed by atoms with Crippen molar-refractivity contribution in [3.8, 4) is 0 Å². The quantitative estimate of drug-likeness (QED) is 0.637. The van der Waals surface area contributed by atoms with Crippen molar-refractivity contribution in [2.45, 2.75) is 6.18 Å². The van der Waals surface area contributed by atoms with E-state index in [0.29, 0.717) is 6.54 Å². The summed E-state index contributed by atoms with van der Waals surface area (Å²) < 4.78 is 37.9. The van der Waals surface area contributed by atoms with E-state index in [4.69, 9.17) is 5.73 Å². The smallest absolute Gasteiger partial charge is 0.399 e. The third-order valence-electron chi connectivity index (χ3n) is 1.97. The molecule has 2 nitrogen and oxygen atoms in total. The number of nitrogens with one attached hydrogen (secondary N) is 1. The molecule has 0 aliphatic carbocycles. The Balaban J connectivity index is 2.90. The predicted octanol–water partition coefficient (Wildman–Crippen LogP) is 3.06. The maximum atomic E-state index is 12.6. The van der Waals surface area contributed by atoms with Gasteiger partial charge in [0.1, 0.15) is 0 Å². The Morgan fingerprint density at radius 3 is 2.62 bits per heavy atom. The molecule has 0 amide bonds. The fourth-order valence-electron chi connectivity index (χ4n) is 1.24. The van der Waals surface area contributed by atoms with Gasteiger partial charge < -0.3 is 11.1 Å². The molecule has 3 N–H and O–H groups in total. The van der Waals surface area contributed by atoms with Gasteiger partial charge in [0, 0.05) is 23.7 Å². The van der Waals surface area contributed by atoms with Crippen molar-refractivity contribution in [2.75, 3.05) is 29.6 Å². The highest BCUT2D eigenvalue weighted by molar-refractivity contribution is 7.98. The van der Waals surface area contributed by atoms with Crippen LogP contribution in [0.4, 0.5) is 24.5 Å². The normalized spacial score (nSPS) is 11.5. The van der Waals surface area contributed by atoms with Gasteiger partial charge in [0.25, 0.3) is 0 Å². The zero-order chi connectivity index (χ0) is 12.2. The summed E-state index contributed by atoms with van der Waals surface area (Å²) in [5.74, 6) is 0.752. The van der Waals surface area contributed by atoms with Crippen LogP contribution in [0.15, 0.2) is 18.2 Å². The van der Waals surface area contributed by atoms with Crippen LogP contribution in [0.25, 0.3) is 0 Å². The van der Waals surface area contributed by atoms with E-state index in [2.05, 4.69) is 5.32 Å². The molecule has 0 aliphatic heterocycles. The van der Waals surface area contributed by atoms with Crippen LogP contribution in [0.5, 0.6) is 0 Å². The fourth-order valence-corrected chi connectivity index (χ4v) is 1.54. The number of nitrogens with two attached hydrogens (primary N) is 1. The number of hydrogen-bond donors (Lipinski definition) is 2. The zero-order valence-corrected chi connectivity index (χ0v) is 9.58. The SMILES string of the molecule is CSCCNc1ccc(N)cc1C(F)(F)F. The molecule has 90 valence electrons. The molecule has 0 aliphatic rings. The van der Waals surface area contributed by atoms with Gasteiger partial charge in [0.15, 0.2) is 0 Å². The molecule has 6 heteroatoms. The Hall–Kier alpha value is -1.04. The van der Waals surface area contributed by atoms with Crippen molar-refractivity contribution in [1.29, 1.82) is 0 Å². The lowest BCUT2D eigenvalue weighted by Crippen LogP contribution is -2.13. The molecule has 16 heavy (non-hydrogen) atoms. The molecule has 0 bridgehead atoms. The lowest BCUT2D eigenvalue weighted by molar-refractivity contribution is -0.136. The van der Waals surface area contributed by atoms with Gasteiger partial charge in [0.05, 0.1) is 5.56 Å². The van der Waals surface area contributed by atoms with Crippen molar-refractivity contribution in [3.05, 3.63) is 23.8 Å². The second-order valence-corrected chi connectivity index (χ2v) is 4.21. The van der Waals surface area contributed by atoms with Gasteiger partial charge in [-0.1, -0.05) is 0 Å². The summed E-state index contributed by atoms with van der Waals surface area (Å²) in [7, 11) is 0. The lowest BCUT2D eigenvalue weighted by atomic mass is 10.1. The molecular weight excluding hydrogens is 237 g/mol.